The van der Waals surface area contributed by atoms with Crippen LogP contribution in [0.4, 0.5) is 5.69 Å². The van der Waals surface area contributed by atoms with Gasteiger partial charge in [-0.05, 0) is 37.7 Å². The molecule has 2 N–H and O–H groups in total. The molecule has 2 rings (SSSR count). The smallest absolute Gasteiger partial charge is 0.255 e. The van der Waals surface area contributed by atoms with E-state index in [1.165, 1.54) is 6.42 Å². The molecule has 0 atom stereocenters. The summed E-state index contributed by atoms with van der Waals surface area (Å²) in [5, 5.41) is 0. The Kier molecular flexibility index (Phi) is 3.78. The molecule has 0 spiro atoms. The van der Waals surface area contributed by atoms with Crippen LogP contribution in [-0.4, -0.2) is 28.9 Å². The summed E-state index contributed by atoms with van der Waals surface area (Å²) in [7, 11) is 0. The number of rotatable bonds is 1. The molecule has 0 saturated carbocycles. The number of nitrogens with zero attached hydrogens (tertiary/aromatic N) is 2. The number of likely N-dealkylation sites (tertiary alicyclic amines) is 1. The van der Waals surface area contributed by atoms with Gasteiger partial charge in [0.1, 0.15) is 0 Å². The number of aryl methyl sites for hydroxylation is 1. The summed E-state index contributed by atoms with van der Waals surface area (Å²) < 4.78 is 0. The predicted molar refractivity (Wildman–Crippen MR) is 76.9 cm³/mol. The summed E-state index contributed by atoms with van der Waals surface area (Å²) in [4.78, 5) is 18.7. The molecule has 0 aromatic carbocycles. The van der Waals surface area contributed by atoms with Crippen LogP contribution in [0, 0.1) is 12.3 Å². The monoisotopic (exact) mass is 261 g/mol. The first-order valence-corrected chi connectivity index (χ1v) is 6.90. The van der Waals surface area contributed by atoms with Crippen LogP contribution < -0.4 is 5.73 Å². The number of hydrogen-bond donors (Lipinski definition) is 1. The maximum atomic E-state index is 12.6. The number of pyridine rings is 1. The predicted octanol–water partition coefficient (Wildman–Crippen LogP) is 2.62. The summed E-state index contributed by atoms with van der Waals surface area (Å²) in [5.41, 5.74) is 8.00. The van der Waals surface area contributed by atoms with Crippen LogP contribution in [-0.2, 0) is 0 Å². The SMILES string of the molecule is Cc1ncc(N)cc1C(=O)N1CCCC(C)(C)CC1. The van der Waals surface area contributed by atoms with Crippen molar-refractivity contribution in [2.75, 3.05) is 18.8 Å². The van der Waals surface area contributed by atoms with Crippen molar-refractivity contribution in [3.8, 4) is 0 Å². The van der Waals surface area contributed by atoms with Crippen molar-refractivity contribution in [3.63, 3.8) is 0 Å². The molecule has 1 fully saturated rings. The zero-order valence-corrected chi connectivity index (χ0v) is 12.1. The minimum absolute atomic E-state index is 0.0648. The van der Waals surface area contributed by atoms with Gasteiger partial charge in [0.2, 0.25) is 0 Å². The highest BCUT2D eigenvalue weighted by atomic mass is 16.2. The van der Waals surface area contributed by atoms with E-state index in [0.717, 1.165) is 31.6 Å². The summed E-state index contributed by atoms with van der Waals surface area (Å²) in [6, 6.07) is 1.74. The molecule has 1 aromatic rings. The van der Waals surface area contributed by atoms with Crippen molar-refractivity contribution < 1.29 is 4.79 Å². The van der Waals surface area contributed by atoms with Gasteiger partial charge in [0.25, 0.3) is 5.91 Å². The quantitative estimate of drug-likeness (QED) is 0.845. The minimum atomic E-state index is 0.0648. The van der Waals surface area contributed by atoms with Crippen LogP contribution in [0.1, 0.15) is 49.2 Å². The van der Waals surface area contributed by atoms with E-state index in [1.54, 1.807) is 12.3 Å². The zero-order valence-electron chi connectivity index (χ0n) is 12.1. The average Bonchev–Trinajstić information content (AvgIpc) is 2.52. The van der Waals surface area contributed by atoms with E-state index >= 15 is 0 Å². The third-order valence-electron chi connectivity index (χ3n) is 3.97. The van der Waals surface area contributed by atoms with Gasteiger partial charge in [-0.2, -0.15) is 0 Å². The number of amides is 1. The molecule has 4 nitrogen and oxygen atoms in total. The first-order chi connectivity index (χ1) is 8.89. The Morgan fingerprint density at radius 3 is 2.84 bits per heavy atom. The molecule has 19 heavy (non-hydrogen) atoms. The van der Waals surface area contributed by atoms with Gasteiger partial charge in [-0.15, -0.1) is 0 Å². The average molecular weight is 261 g/mol. The van der Waals surface area contributed by atoms with E-state index in [9.17, 15) is 4.79 Å². The summed E-state index contributed by atoms with van der Waals surface area (Å²) >= 11 is 0. The molecule has 1 aromatic heterocycles. The molecule has 0 radical (unpaired) electrons. The van der Waals surface area contributed by atoms with Crippen molar-refractivity contribution in [1.82, 2.24) is 9.88 Å². The number of anilines is 1. The molecule has 0 aliphatic carbocycles. The van der Waals surface area contributed by atoms with Gasteiger partial charge >= 0.3 is 0 Å². The second-order valence-electron chi connectivity index (χ2n) is 6.21. The van der Waals surface area contributed by atoms with Crippen LogP contribution in [0.2, 0.25) is 0 Å². The van der Waals surface area contributed by atoms with E-state index < -0.39 is 0 Å². The van der Waals surface area contributed by atoms with Crippen molar-refractivity contribution in [2.24, 2.45) is 5.41 Å². The number of aromatic nitrogens is 1. The van der Waals surface area contributed by atoms with Crippen LogP contribution >= 0.6 is 0 Å². The lowest BCUT2D eigenvalue weighted by Gasteiger charge is -2.23. The maximum absolute atomic E-state index is 12.6. The molecule has 0 unspecified atom stereocenters. The fourth-order valence-electron chi connectivity index (χ4n) is 2.56. The fourth-order valence-corrected chi connectivity index (χ4v) is 2.56. The van der Waals surface area contributed by atoms with Crippen molar-refractivity contribution in [2.45, 2.75) is 40.0 Å². The Morgan fingerprint density at radius 2 is 2.11 bits per heavy atom. The number of carbonyl (C=O) groups is 1. The Balaban J connectivity index is 2.17. The summed E-state index contributed by atoms with van der Waals surface area (Å²) in [6.45, 7) is 8.05. The first-order valence-electron chi connectivity index (χ1n) is 6.90. The number of hydrogen-bond acceptors (Lipinski definition) is 3. The van der Waals surface area contributed by atoms with Crippen molar-refractivity contribution in [3.05, 3.63) is 23.5 Å². The minimum Gasteiger partial charge on any atom is -0.397 e. The number of nitrogens with two attached hydrogens (primary N) is 1. The zero-order chi connectivity index (χ0) is 14.0. The number of carbonyl (C=O) groups excluding carboxylic acids is 1. The fraction of sp³-hybridized carbons (Fsp3) is 0.600. The van der Waals surface area contributed by atoms with Gasteiger partial charge in [0.15, 0.2) is 0 Å². The van der Waals surface area contributed by atoms with Crippen molar-refractivity contribution in [1.29, 1.82) is 0 Å². The van der Waals surface area contributed by atoms with E-state index in [4.69, 9.17) is 5.73 Å². The highest BCUT2D eigenvalue weighted by Gasteiger charge is 2.26. The van der Waals surface area contributed by atoms with E-state index in [0.29, 0.717) is 16.7 Å². The van der Waals surface area contributed by atoms with E-state index in [1.807, 2.05) is 11.8 Å². The molecular formula is C15H23N3O. The van der Waals surface area contributed by atoms with Crippen molar-refractivity contribution >= 4 is 11.6 Å². The molecule has 0 bridgehead atoms. The molecule has 4 heteroatoms. The van der Waals surface area contributed by atoms with Crippen LogP contribution in [0.15, 0.2) is 12.3 Å². The normalized spacial score (nSPS) is 19.0. The van der Waals surface area contributed by atoms with Gasteiger partial charge in [-0.3, -0.25) is 9.78 Å². The van der Waals surface area contributed by atoms with Gasteiger partial charge in [0.05, 0.1) is 23.1 Å². The molecule has 104 valence electrons. The summed E-state index contributed by atoms with van der Waals surface area (Å²) in [6.07, 6.45) is 4.88. The lowest BCUT2D eigenvalue weighted by Crippen LogP contribution is -2.33. The van der Waals surface area contributed by atoms with Crippen LogP contribution in [0.5, 0.6) is 0 Å². The number of nitrogen functional groups attached to an aromatic ring is 1. The molecule has 1 amide bonds. The Morgan fingerprint density at radius 1 is 1.37 bits per heavy atom. The van der Waals surface area contributed by atoms with Gasteiger partial charge in [0, 0.05) is 13.1 Å². The molecule has 1 aliphatic rings. The molecule has 1 saturated heterocycles. The van der Waals surface area contributed by atoms with Crippen LogP contribution in [0.3, 0.4) is 0 Å². The maximum Gasteiger partial charge on any atom is 0.255 e. The highest BCUT2D eigenvalue weighted by molar-refractivity contribution is 5.96. The van der Waals surface area contributed by atoms with Crippen LogP contribution in [0.25, 0.3) is 0 Å². The highest BCUT2D eigenvalue weighted by Crippen LogP contribution is 2.30. The van der Waals surface area contributed by atoms with E-state index in [-0.39, 0.29) is 5.91 Å². The molecule has 2 heterocycles. The third-order valence-corrected chi connectivity index (χ3v) is 3.97. The first kappa shape index (κ1) is 13.8. The van der Waals surface area contributed by atoms with Gasteiger partial charge < -0.3 is 10.6 Å². The van der Waals surface area contributed by atoms with Gasteiger partial charge in [-0.25, -0.2) is 0 Å². The standard InChI is InChI=1S/C15H23N3O/c1-11-13(9-12(16)10-17-11)14(19)18-7-4-5-15(2,3)6-8-18/h9-10H,4-8,16H2,1-3H3. The van der Waals surface area contributed by atoms with E-state index in [2.05, 4.69) is 18.8 Å². The second-order valence-corrected chi connectivity index (χ2v) is 6.21. The Bertz CT molecular complexity index is 482. The lowest BCUT2D eigenvalue weighted by atomic mass is 9.85. The second kappa shape index (κ2) is 5.19. The largest absolute Gasteiger partial charge is 0.397 e. The lowest BCUT2D eigenvalue weighted by molar-refractivity contribution is 0.0756. The summed E-state index contributed by atoms with van der Waals surface area (Å²) in [5.74, 6) is 0.0648. The third kappa shape index (κ3) is 3.25. The Hall–Kier alpha value is -1.58. The molecular weight excluding hydrogens is 238 g/mol. The topological polar surface area (TPSA) is 59.2 Å². The molecule has 1 aliphatic heterocycles. The Labute approximate surface area is 115 Å². The van der Waals surface area contributed by atoms with Gasteiger partial charge in [-0.1, -0.05) is 13.8 Å².